The van der Waals surface area contributed by atoms with Crippen molar-refractivity contribution in [3.8, 4) is 17.1 Å². The maximum Gasteiger partial charge on any atom is 0.141 e. The van der Waals surface area contributed by atoms with E-state index in [0.29, 0.717) is 23.1 Å². The van der Waals surface area contributed by atoms with Crippen LogP contribution in [0.3, 0.4) is 0 Å². The number of anilines is 2. The van der Waals surface area contributed by atoms with Crippen molar-refractivity contribution in [3.63, 3.8) is 0 Å². The molecule has 0 bridgehead atoms. The van der Waals surface area contributed by atoms with Crippen molar-refractivity contribution in [2.75, 3.05) is 24.7 Å². The van der Waals surface area contributed by atoms with Gasteiger partial charge in [0.1, 0.15) is 41.8 Å². The highest BCUT2D eigenvalue weighted by molar-refractivity contribution is 7.96. The van der Waals surface area contributed by atoms with E-state index >= 15 is 0 Å². The van der Waals surface area contributed by atoms with E-state index in [2.05, 4.69) is 25.3 Å². The summed E-state index contributed by atoms with van der Waals surface area (Å²) in [6, 6.07) is 21.6. The van der Waals surface area contributed by atoms with Crippen LogP contribution in [-0.4, -0.2) is 29.3 Å². The topological polar surface area (TPSA) is 84.2 Å². The van der Waals surface area contributed by atoms with Gasteiger partial charge in [-0.1, -0.05) is 35.7 Å². The van der Waals surface area contributed by atoms with Crippen LogP contribution in [0.2, 0.25) is 5.02 Å². The molecule has 0 radical (unpaired) electrons. The molecule has 5 aromatic rings. The molecule has 0 spiro atoms. The van der Waals surface area contributed by atoms with Gasteiger partial charge in [-0.3, -0.25) is 4.72 Å². The summed E-state index contributed by atoms with van der Waals surface area (Å²) in [4.78, 5) is 8.87. The van der Waals surface area contributed by atoms with Crippen LogP contribution < -0.4 is 20.1 Å². The largest absolute Gasteiger partial charge is 0.487 e. The zero-order valence-corrected chi connectivity index (χ0v) is 22.8. The molecular weight excluding hydrogens is 537 g/mol. The fraction of sp³-hybridized carbons (Fsp3) is 0.172. The van der Waals surface area contributed by atoms with Crippen LogP contribution in [-0.2, 0) is 13.2 Å². The minimum Gasteiger partial charge on any atom is -0.487 e. The average Bonchev–Trinajstić information content (AvgIpc) is 3.41. The van der Waals surface area contributed by atoms with Crippen LogP contribution in [0.1, 0.15) is 11.3 Å². The molecular formula is C29H27ClFN5O2S. The number of nitrogens with zero attached hydrogens (tertiary/aromatic N) is 2. The molecule has 2 heterocycles. The van der Waals surface area contributed by atoms with Gasteiger partial charge < -0.3 is 19.8 Å². The first-order valence-corrected chi connectivity index (χ1v) is 13.9. The molecule has 10 heteroatoms. The van der Waals surface area contributed by atoms with Crippen LogP contribution in [0.4, 0.5) is 15.9 Å². The Kier molecular flexibility index (Phi) is 8.95. The van der Waals surface area contributed by atoms with Crippen molar-refractivity contribution >= 4 is 46.0 Å². The number of hydrogen-bond acceptors (Lipinski definition) is 8. The van der Waals surface area contributed by atoms with Crippen molar-refractivity contribution in [2.24, 2.45) is 0 Å². The smallest absolute Gasteiger partial charge is 0.141 e. The molecule has 7 nitrogen and oxygen atoms in total. The first-order chi connectivity index (χ1) is 19.1. The summed E-state index contributed by atoms with van der Waals surface area (Å²) < 4.78 is 28.5. The second-order valence-electron chi connectivity index (χ2n) is 8.68. The standard InChI is InChI=1S/C29H27ClFN5O2S/c1-39-35-12-11-32-16-23-7-10-27(38-23)20-5-8-26-24(14-20)29(34-18-33-26)36-22-6-9-28(25(30)15-22)37-17-19-3-2-4-21(31)13-19/h2-10,13-15,18,32,35H,11-12,16-17H2,1H3,(H,33,34,36). The minimum absolute atomic E-state index is 0.212. The zero-order valence-electron chi connectivity index (χ0n) is 21.2. The Balaban J connectivity index is 1.29. The number of aromatic nitrogens is 2. The summed E-state index contributed by atoms with van der Waals surface area (Å²) in [5.41, 5.74) is 3.19. The Labute approximate surface area is 235 Å². The summed E-state index contributed by atoms with van der Waals surface area (Å²) in [5, 5.41) is 7.97. The average molecular weight is 564 g/mol. The minimum atomic E-state index is -0.304. The summed E-state index contributed by atoms with van der Waals surface area (Å²) in [5.74, 6) is 2.48. The molecule has 2 aromatic heterocycles. The molecule has 0 saturated carbocycles. The van der Waals surface area contributed by atoms with E-state index in [1.807, 2.05) is 42.7 Å². The quantitative estimate of drug-likeness (QED) is 0.111. The number of hydrogen-bond donors (Lipinski definition) is 3. The Bertz CT molecular complexity index is 1560. The molecule has 5 rings (SSSR count). The van der Waals surface area contributed by atoms with Gasteiger partial charge in [-0.2, -0.15) is 0 Å². The van der Waals surface area contributed by atoms with Gasteiger partial charge in [0.15, 0.2) is 0 Å². The molecule has 200 valence electrons. The highest BCUT2D eigenvalue weighted by atomic mass is 35.5. The van der Waals surface area contributed by atoms with Gasteiger partial charge in [0.2, 0.25) is 0 Å². The predicted octanol–water partition coefficient (Wildman–Crippen LogP) is 6.96. The number of ether oxygens (including phenoxy) is 1. The van der Waals surface area contributed by atoms with Crippen molar-refractivity contribution in [1.29, 1.82) is 0 Å². The van der Waals surface area contributed by atoms with Crippen LogP contribution >= 0.6 is 23.5 Å². The van der Waals surface area contributed by atoms with Crippen LogP contribution in [0, 0.1) is 5.82 Å². The Morgan fingerprint density at radius 2 is 1.92 bits per heavy atom. The number of furan rings is 1. The molecule has 0 saturated heterocycles. The maximum atomic E-state index is 13.4. The lowest BCUT2D eigenvalue weighted by atomic mass is 10.1. The second kappa shape index (κ2) is 12.9. The van der Waals surface area contributed by atoms with Crippen molar-refractivity contribution in [2.45, 2.75) is 13.2 Å². The number of benzene rings is 3. The molecule has 0 atom stereocenters. The summed E-state index contributed by atoms with van der Waals surface area (Å²) in [7, 11) is 0. The molecule has 0 aliphatic heterocycles. The van der Waals surface area contributed by atoms with Gasteiger partial charge >= 0.3 is 0 Å². The van der Waals surface area contributed by atoms with Gasteiger partial charge in [-0.05, 0) is 72.5 Å². The van der Waals surface area contributed by atoms with Crippen LogP contribution in [0.15, 0.2) is 83.5 Å². The van der Waals surface area contributed by atoms with Gasteiger partial charge in [-0.15, -0.1) is 0 Å². The lowest BCUT2D eigenvalue weighted by Crippen LogP contribution is -2.23. The highest BCUT2D eigenvalue weighted by Gasteiger charge is 2.11. The monoisotopic (exact) mass is 563 g/mol. The fourth-order valence-corrected chi connectivity index (χ4v) is 4.55. The number of rotatable bonds is 12. The molecule has 0 aliphatic rings. The SMILES string of the molecule is CSNCCNCc1ccc(-c2ccc3ncnc(Nc4ccc(OCc5cccc(F)c5)c(Cl)c4)c3c2)o1. The van der Waals surface area contributed by atoms with E-state index in [4.69, 9.17) is 20.8 Å². The molecule has 0 fully saturated rings. The van der Waals surface area contributed by atoms with E-state index in [-0.39, 0.29) is 12.4 Å². The van der Waals surface area contributed by atoms with Gasteiger partial charge in [0.25, 0.3) is 0 Å². The third-order valence-corrected chi connectivity index (χ3v) is 6.70. The molecule has 3 N–H and O–H groups in total. The van der Waals surface area contributed by atoms with E-state index < -0.39 is 0 Å². The third kappa shape index (κ3) is 7.07. The molecule has 0 amide bonds. The Morgan fingerprint density at radius 1 is 1.00 bits per heavy atom. The first-order valence-electron chi connectivity index (χ1n) is 12.3. The summed E-state index contributed by atoms with van der Waals surface area (Å²) >= 11 is 8.09. The predicted molar refractivity (Wildman–Crippen MR) is 156 cm³/mol. The van der Waals surface area contributed by atoms with Crippen LogP contribution in [0.25, 0.3) is 22.2 Å². The first kappa shape index (κ1) is 27.0. The van der Waals surface area contributed by atoms with Crippen molar-refractivity contribution < 1.29 is 13.5 Å². The summed E-state index contributed by atoms with van der Waals surface area (Å²) in [6.07, 6.45) is 3.53. The van der Waals surface area contributed by atoms with Gasteiger partial charge in [0.05, 0.1) is 17.1 Å². The van der Waals surface area contributed by atoms with Crippen LogP contribution in [0.5, 0.6) is 5.75 Å². The Morgan fingerprint density at radius 3 is 2.77 bits per heavy atom. The number of halogens is 2. The van der Waals surface area contributed by atoms with E-state index in [1.54, 1.807) is 36.2 Å². The molecule has 0 unspecified atom stereocenters. The third-order valence-electron chi connectivity index (χ3n) is 5.91. The second-order valence-corrected chi connectivity index (χ2v) is 9.79. The van der Waals surface area contributed by atoms with E-state index in [9.17, 15) is 4.39 Å². The molecule has 3 aromatic carbocycles. The lowest BCUT2D eigenvalue weighted by Gasteiger charge is -2.12. The molecule has 39 heavy (non-hydrogen) atoms. The zero-order chi connectivity index (χ0) is 27.0. The maximum absolute atomic E-state index is 13.4. The van der Waals surface area contributed by atoms with E-state index in [0.717, 1.165) is 52.3 Å². The van der Waals surface area contributed by atoms with Crippen molar-refractivity contribution in [1.82, 2.24) is 20.0 Å². The number of nitrogens with one attached hydrogen (secondary N) is 3. The van der Waals surface area contributed by atoms with E-state index in [1.165, 1.54) is 18.5 Å². The van der Waals surface area contributed by atoms with Gasteiger partial charge in [-0.25, -0.2) is 14.4 Å². The lowest BCUT2D eigenvalue weighted by molar-refractivity contribution is 0.306. The summed E-state index contributed by atoms with van der Waals surface area (Å²) in [6.45, 7) is 2.60. The normalized spacial score (nSPS) is 11.2. The molecule has 0 aliphatic carbocycles. The van der Waals surface area contributed by atoms with Gasteiger partial charge in [0, 0.05) is 29.7 Å². The fourth-order valence-electron chi connectivity index (χ4n) is 4.01. The van der Waals surface area contributed by atoms with Crippen molar-refractivity contribution in [3.05, 3.63) is 101 Å². The Hall–Kier alpha value is -3.63. The highest BCUT2D eigenvalue weighted by Crippen LogP contribution is 2.32. The number of fused-ring (bicyclic) bond motifs is 1.